The number of carbonyl (C=O) groups is 1. The van der Waals surface area contributed by atoms with Gasteiger partial charge in [0, 0.05) is 26.8 Å². The zero-order valence-electron chi connectivity index (χ0n) is 10.00. The minimum absolute atomic E-state index is 0.0206. The average Bonchev–Trinajstić information content (AvgIpc) is 2.65. The summed E-state index contributed by atoms with van der Waals surface area (Å²) in [6.07, 6.45) is 3.69. The van der Waals surface area contributed by atoms with E-state index in [1.165, 1.54) is 0 Å². The fourth-order valence-corrected chi connectivity index (χ4v) is 1.91. The van der Waals surface area contributed by atoms with E-state index < -0.39 is 0 Å². The van der Waals surface area contributed by atoms with E-state index in [2.05, 4.69) is 4.98 Å². The van der Waals surface area contributed by atoms with Crippen LogP contribution in [0.15, 0.2) is 24.5 Å². The minimum Gasteiger partial charge on any atom is -0.490 e. The molecule has 1 aromatic rings. The van der Waals surface area contributed by atoms with Crippen LogP contribution in [0.4, 0.5) is 0 Å². The summed E-state index contributed by atoms with van der Waals surface area (Å²) in [4.78, 5) is 17.3. The lowest BCUT2D eigenvalue weighted by Gasteiger charge is -2.19. The Morgan fingerprint density at radius 2 is 2.41 bits per heavy atom. The first-order chi connectivity index (χ1) is 8.22. The van der Waals surface area contributed by atoms with Crippen molar-refractivity contribution in [3.8, 4) is 5.75 Å². The van der Waals surface area contributed by atoms with Crippen LogP contribution < -0.4 is 4.74 Å². The number of rotatable bonds is 4. The normalized spacial score (nSPS) is 24.1. The number of hydrogen-bond acceptors (Lipinski definition) is 4. The maximum Gasteiger partial charge on any atom is 0.251 e. The Kier molecular flexibility index (Phi) is 3.58. The number of hydrogen-bond donors (Lipinski definition) is 0. The zero-order chi connectivity index (χ0) is 12.3. The van der Waals surface area contributed by atoms with E-state index in [1.54, 1.807) is 31.5 Å². The van der Waals surface area contributed by atoms with E-state index in [0.717, 1.165) is 0 Å². The second kappa shape index (κ2) is 5.14. The van der Waals surface area contributed by atoms with E-state index >= 15 is 0 Å². The summed E-state index contributed by atoms with van der Waals surface area (Å²) in [6, 6.07) is 3.72. The number of nitrogens with zero attached hydrogens (tertiary/aromatic N) is 2. The SMILES string of the molecule is COC1CC(COc2cccnc2)N(C)C1=O. The van der Waals surface area contributed by atoms with Gasteiger partial charge in [-0.15, -0.1) is 0 Å². The molecule has 2 unspecified atom stereocenters. The number of aromatic nitrogens is 1. The lowest BCUT2D eigenvalue weighted by atomic mass is 10.2. The van der Waals surface area contributed by atoms with Gasteiger partial charge in [-0.3, -0.25) is 9.78 Å². The molecule has 1 aromatic heterocycles. The highest BCUT2D eigenvalue weighted by Crippen LogP contribution is 2.20. The molecule has 2 rings (SSSR count). The van der Waals surface area contributed by atoms with Gasteiger partial charge in [0.2, 0.25) is 0 Å². The average molecular weight is 236 g/mol. The molecule has 1 saturated heterocycles. The fraction of sp³-hybridized carbons (Fsp3) is 0.500. The fourth-order valence-electron chi connectivity index (χ4n) is 1.91. The molecular formula is C12H16N2O3. The van der Waals surface area contributed by atoms with E-state index in [4.69, 9.17) is 9.47 Å². The second-order valence-electron chi connectivity index (χ2n) is 4.06. The first-order valence-corrected chi connectivity index (χ1v) is 5.54. The van der Waals surface area contributed by atoms with Crippen molar-refractivity contribution in [1.29, 1.82) is 0 Å². The van der Waals surface area contributed by atoms with Gasteiger partial charge in [-0.25, -0.2) is 0 Å². The molecule has 1 amide bonds. The van der Waals surface area contributed by atoms with Gasteiger partial charge in [-0.1, -0.05) is 0 Å². The number of amides is 1. The van der Waals surface area contributed by atoms with Crippen LogP contribution in [0.1, 0.15) is 6.42 Å². The molecule has 0 bridgehead atoms. The third-order valence-corrected chi connectivity index (χ3v) is 3.02. The van der Waals surface area contributed by atoms with Crippen LogP contribution >= 0.6 is 0 Å². The summed E-state index contributed by atoms with van der Waals surface area (Å²) in [6.45, 7) is 0.466. The van der Waals surface area contributed by atoms with Crippen LogP contribution in [0.25, 0.3) is 0 Å². The number of methoxy groups -OCH3 is 1. The van der Waals surface area contributed by atoms with E-state index in [0.29, 0.717) is 18.8 Å². The standard InChI is InChI=1S/C12H16N2O3/c1-14-9(6-11(16-2)12(14)15)8-17-10-4-3-5-13-7-10/h3-5,7,9,11H,6,8H2,1-2H3. The Bertz CT molecular complexity index is 383. The van der Waals surface area contributed by atoms with Gasteiger partial charge >= 0.3 is 0 Å². The molecule has 5 heteroatoms. The van der Waals surface area contributed by atoms with Crippen LogP contribution in [-0.4, -0.2) is 48.7 Å². The molecule has 0 spiro atoms. The van der Waals surface area contributed by atoms with Gasteiger partial charge in [0.1, 0.15) is 18.5 Å². The number of ether oxygens (including phenoxy) is 2. The van der Waals surface area contributed by atoms with Crippen LogP contribution in [-0.2, 0) is 9.53 Å². The van der Waals surface area contributed by atoms with Crippen molar-refractivity contribution in [2.45, 2.75) is 18.6 Å². The highest BCUT2D eigenvalue weighted by atomic mass is 16.5. The Labute approximate surface area is 100 Å². The van der Waals surface area contributed by atoms with Crippen LogP contribution in [0.5, 0.6) is 5.75 Å². The van der Waals surface area contributed by atoms with Crippen molar-refractivity contribution < 1.29 is 14.3 Å². The molecule has 92 valence electrons. The van der Waals surface area contributed by atoms with Crippen molar-refractivity contribution in [3.05, 3.63) is 24.5 Å². The third kappa shape index (κ3) is 2.55. The lowest BCUT2D eigenvalue weighted by molar-refractivity contribution is -0.135. The van der Waals surface area contributed by atoms with Gasteiger partial charge in [0.15, 0.2) is 0 Å². The summed E-state index contributed by atoms with van der Waals surface area (Å²) in [5, 5.41) is 0. The molecule has 1 aliphatic heterocycles. The number of pyridine rings is 1. The monoisotopic (exact) mass is 236 g/mol. The first kappa shape index (κ1) is 11.9. The number of carbonyl (C=O) groups excluding carboxylic acids is 1. The predicted octanol–water partition coefficient (Wildman–Crippen LogP) is 0.706. The highest BCUT2D eigenvalue weighted by molar-refractivity contribution is 5.83. The van der Waals surface area contributed by atoms with E-state index in [1.807, 2.05) is 12.1 Å². The van der Waals surface area contributed by atoms with Crippen LogP contribution in [0.3, 0.4) is 0 Å². The van der Waals surface area contributed by atoms with Crippen molar-refractivity contribution in [2.24, 2.45) is 0 Å². The molecule has 0 N–H and O–H groups in total. The molecule has 0 saturated carbocycles. The van der Waals surface area contributed by atoms with Crippen molar-refractivity contribution in [1.82, 2.24) is 9.88 Å². The third-order valence-electron chi connectivity index (χ3n) is 3.02. The second-order valence-corrected chi connectivity index (χ2v) is 4.06. The lowest BCUT2D eigenvalue weighted by Crippen LogP contribution is -2.34. The largest absolute Gasteiger partial charge is 0.490 e. The maximum absolute atomic E-state index is 11.7. The highest BCUT2D eigenvalue weighted by Gasteiger charge is 2.37. The number of likely N-dealkylation sites (tertiary alicyclic amines) is 1. The Balaban J connectivity index is 1.90. The molecule has 5 nitrogen and oxygen atoms in total. The molecule has 17 heavy (non-hydrogen) atoms. The predicted molar refractivity (Wildman–Crippen MR) is 61.7 cm³/mol. The first-order valence-electron chi connectivity index (χ1n) is 5.54. The van der Waals surface area contributed by atoms with E-state index in [-0.39, 0.29) is 18.1 Å². The molecule has 0 radical (unpaired) electrons. The Morgan fingerprint density at radius 1 is 1.59 bits per heavy atom. The van der Waals surface area contributed by atoms with Gasteiger partial charge in [0.05, 0.1) is 12.2 Å². The van der Waals surface area contributed by atoms with E-state index in [9.17, 15) is 4.79 Å². The zero-order valence-corrected chi connectivity index (χ0v) is 10.00. The Morgan fingerprint density at radius 3 is 3.00 bits per heavy atom. The summed E-state index contributed by atoms with van der Waals surface area (Å²) >= 11 is 0. The Hall–Kier alpha value is -1.62. The molecule has 2 atom stereocenters. The van der Waals surface area contributed by atoms with Crippen molar-refractivity contribution >= 4 is 5.91 Å². The summed E-state index contributed by atoms with van der Waals surface area (Å²) in [7, 11) is 3.33. The van der Waals surface area contributed by atoms with Gasteiger partial charge in [-0.05, 0) is 12.1 Å². The van der Waals surface area contributed by atoms with Gasteiger partial charge < -0.3 is 14.4 Å². The molecule has 1 fully saturated rings. The topological polar surface area (TPSA) is 51.7 Å². The summed E-state index contributed by atoms with van der Waals surface area (Å²) < 4.78 is 10.7. The van der Waals surface area contributed by atoms with Crippen molar-refractivity contribution in [3.63, 3.8) is 0 Å². The quantitative estimate of drug-likeness (QED) is 0.772. The van der Waals surface area contributed by atoms with Crippen molar-refractivity contribution in [2.75, 3.05) is 20.8 Å². The molecule has 1 aliphatic rings. The summed E-state index contributed by atoms with van der Waals surface area (Å²) in [5.41, 5.74) is 0. The van der Waals surface area contributed by atoms with Crippen LogP contribution in [0, 0.1) is 0 Å². The smallest absolute Gasteiger partial charge is 0.251 e. The van der Waals surface area contributed by atoms with Gasteiger partial charge in [-0.2, -0.15) is 0 Å². The van der Waals surface area contributed by atoms with Crippen LogP contribution in [0.2, 0.25) is 0 Å². The molecular weight excluding hydrogens is 220 g/mol. The molecule has 0 aromatic carbocycles. The number of likely N-dealkylation sites (N-methyl/N-ethyl adjacent to an activating group) is 1. The molecule has 0 aliphatic carbocycles. The molecule has 2 heterocycles. The maximum atomic E-state index is 11.7. The minimum atomic E-state index is -0.331. The van der Waals surface area contributed by atoms with Gasteiger partial charge in [0.25, 0.3) is 5.91 Å². The summed E-state index contributed by atoms with van der Waals surface area (Å²) in [5.74, 6) is 0.738.